The van der Waals surface area contributed by atoms with E-state index in [0.29, 0.717) is 18.3 Å². The molecule has 0 aliphatic carbocycles. The number of anilines is 1. The van der Waals surface area contributed by atoms with Gasteiger partial charge in [0.15, 0.2) is 5.96 Å². The molecule has 1 fully saturated rings. The summed E-state index contributed by atoms with van der Waals surface area (Å²) in [6, 6.07) is 13.8. The molecule has 1 aromatic heterocycles. The Morgan fingerprint density at radius 1 is 1.23 bits per heavy atom. The summed E-state index contributed by atoms with van der Waals surface area (Å²) in [5, 5.41) is 3.03. The second-order valence-corrected chi connectivity index (χ2v) is 6.16. The van der Waals surface area contributed by atoms with Crippen LogP contribution in [0.1, 0.15) is 18.4 Å². The van der Waals surface area contributed by atoms with Crippen LogP contribution in [-0.2, 0) is 10.2 Å². The van der Waals surface area contributed by atoms with Gasteiger partial charge in [0.05, 0.1) is 13.7 Å². The van der Waals surface area contributed by atoms with Crippen LogP contribution >= 0.6 is 24.0 Å². The van der Waals surface area contributed by atoms with Crippen LogP contribution in [0.15, 0.2) is 53.7 Å². The number of methoxy groups -OCH3 is 1. The zero-order valence-corrected chi connectivity index (χ0v) is 17.2. The average molecular weight is 468 g/mol. The lowest BCUT2D eigenvalue weighted by atomic mass is 9.74. The van der Waals surface area contributed by atoms with Crippen LogP contribution < -0.4 is 15.8 Å². The first kappa shape index (κ1) is 20.4. The van der Waals surface area contributed by atoms with Gasteiger partial charge in [-0.2, -0.15) is 0 Å². The molecule has 3 rings (SSSR count). The molecule has 2 aromatic rings. The van der Waals surface area contributed by atoms with Crippen molar-refractivity contribution in [3.8, 4) is 5.75 Å². The van der Waals surface area contributed by atoms with Gasteiger partial charge in [-0.15, -0.1) is 24.0 Å². The molecule has 0 amide bonds. The van der Waals surface area contributed by atoms with Gasteiger partial charge in [0, 0.05) is 24.8 Å². The van der Waals surface area contributed by atoms with Gasteiger partial charge in [-0.25, -0.2) is 4.98 Å². The van der Waals surface area contributed by atoms with E-state index in [1.807, 2.05) is 30.3 Å². The summed E-state index contributed by atoms with van der Waals surface area (Å²) in [6.45, 7) is 2.07. The molecule has 1 aliphatic rings. The molecule has 1 aliphatic heterocycles. The van der Waals surface area contributed by atoms with Crippen LogP contribution in [0.25, 0.3) is 0 Å². The molecule has 6 nitrogen and oxygen atoms in total. The van der Waals surface area contributed by atoms with Crippen molar-refractivity contribution in [2.45, 2.75) is 18.3 Å². The maximum Gasteiger partial charge on any atom is 0.194 e. The molecule has 0 radical (unpaired) electrons. The first-order chi connectivity index (χ1) is 12.2. The maximum absolute atomic E-state index is 6.05. The van der Waals surface area contributed by atoms with Crippen LogP contribution in [-0.4, -0.2) is 37.8 Å². The number of guanidine groups is 1. The fraction of sp³-hybridized carbons (Fsp3) is 0.368. The van der Waals surface area contributed by atoms with Crippen molar-refractivity contribution in [2.75, 3.05) is 32.2 Å². The molecule has 0 saturated carbocycles. The van der Waals surface area contributed by atoms with E-state index >= 15 is 0 Å². The summed E-state index contributed by atoms with van der Waals surface area (Å²) in [5.41, 5.74) is 7.23. The third kappa shape index (κ3) is 5.07. The molecular weight excluding hydrogens is 443 g/mol. The van der Waals surface area contributed by atoms with Crippen molar-refractivity contribution < 1.29 is 9.47 Å². The zero-order valence-electron chi connectivity index (χ0n) is 14.9. The molecule has 0 atom stereocenters. The molecule has 0 unspecified atom stereocenters. The predicted octanol–water partition coefficient (Wildman–Crippen LogP) is 3.18. The topological polar surface area (TPSA) is 81.8 Å². The number of rotatable bonds is 5. The van der Waals surface area contributed by atoms with E-state index in [2.05, 4.69) is 27.4 Å². The van der Waals surface area contributed by atoms with Gasteiger partial charge in [0.1, 0.15) is 11.6 Å². The number of pyridine rings is 1. The molecule has 26 heavy (non-hydrogen) atoms. The number of hydrogen-bond donors (Lipinski definition) is 2. The predicted molar refractivity (Wildman–Crippen MR) is 114 cm³/mol. The Kier molecular flexibility index (Phi) is 7.65. The summed E-state index contributed by atoms with van der Waals surface area (Å²) in [6.07, 6.45) is 3.55. The summed E-state index contributed by atoms with van der Waals surface area (Å²) in [5.74, 6) is 1.91. The van der Waals surface area contributed by atoms with E-state index in [1.165, 1.54) is 5.56 Å². The van der Waals surface area contributed by atoms with Crippen LogP contribution in [0.5, 0.6) is 5.75 Å². The van der Waals surface area contributed by atoms with E-state index in [9.17, 15) is 0 Å². The first-order valence-corrected chi connectivity index (χ1v) is 8.42. The Morgan fingerprint density at radius 3 is 2.58 bits per heavy atom. The van der Waals surface area contributed by atoms with Gasteiger partial charge in [-0.1, -0.05) is 18.2 Å². The fourth-order valence-corrected chi connectivity index (χ4v) is 3.09. The van der Waals surface area contributed by atoms with Gasteiger partial charge in [-0.3, -0.25) is 4.99 Å². The van der Waals surface area contributed by atoms with Crippen LogP contribution in [0.2, 0.25) is 0 Å². The number of nitrogens with one attached hydrogen (secondary N) is 1. The molecule has 140 valence electrons. The third-order valence-corrected chi connectivity index (χ3v) is 4.63. The van der Waals surface area contributed by atoms with Crippen LogP contribution in [0, 0.1) is 0 Å². The highest BCUT2D eigenvalue weighted by atomic mass is 127. The van der Waals surface area contributed by atoms with E-state index < -0.39 is 0 Å². The average Bonchev–Trinajstić information content (AvgIpc) is 2.68. The molecule has 2 heterocycles. The molecule has 7 heteroatoms. The lowest BCUT2D eigenvalue weighted by Gasteiger charge is -2.36. The smallest absolute Gasteiger partial charge is 0.194 e. The summed E-state index contributed by atoms with van der Waals surface area (Å²) < 4.78 is 10.8. The van der Waals surface area contributed by atoms with Crippen molar-refractivity contribution in [1.82, 2.24) is 4.98 Å². The molecule has 1 aromatic carbocycles. The Morgan fingerprint density at radius 2 is 1.96 bits per heavy atom. The van der Waals surface area contributed by atoms with Crippen molar-refractivity contribution in [3.63, 3.8) is 0 Å². The van der Waals surface area contributed by atoms with E-state index in [-0.39, 0.29) is 29.4 Å². The molecular formula is C19H25IN4O2. The van der Waals surface area contributed by atoms with Gasteiger partial charge >= 0.3 is 0 Å². The lowest BCUT2D eigenvalue weighted by Crippen LogP contribution is -2.38. The fourth-order valence-electron chi connectivity index (χ4n) is 3.09. The number of hydrogen-bond acceptors (Lipinski definition) is 4. The number of aliphatic imine (C=N–C) groups is 1. The second kappa shape index (κ2) is 9.72. The van der Waals surface area contributed by atoms with Crippen LogP contribution in [0.4, 0.5) is 5.82 Å². The Hall–Kier alpha value is -1.87. The number of ether oxygens (including phenoxy) is 2. The Balaban J connectivity index is 0.00000243. The minimum atomic E-state index is -0.0685. The molecule has 0 spiro atoms. The zero-order chi connectivity index (χ0) is 17.5. The number of nitrogens with two attached hydrogens (primary N) is 1. The summed E-state index contributed by atoms with van der Waals surface area (Å²) in [4.78, 5) is 8.79. The first-order valence-electron chi connectivity index (χ1n) is 8.42. The van der Waals surface area contributed by atoms with Crippen molar-refractivity contribution in [2.24, 2.45) is 10.7 Å². The standard InChI is InChI=1S/C19H24N4O2.HI/c1-24-16-7-5-15(6-8-16)19(9-12-25-13-10-19)14-22-18(20)23-17-4-2-3-11-21-17;/h2-8,11H,9-10,12-14H2,1H3,(H3,20,21,22,23);1H. The minimum absolute atomic E-state index is 0. The molecule has 0 bridgehead atoms. The van der Waals surface area contributed by atoms with Crippen molar-refractivity contribution in [1.29, 1.82) is 0 Å². The van der Waals surface area contributed by atoms with E-state index in [0.717, 1.165) is 31.8 Å². The number of aromatic nitrogens is 1. The monoisotopic (exact) mass is 468 g/mol. The SMILES string of the molecule is COc1ccc(C2(CN=C(N)Nc3ccccn3)CCOCC2)cc1.I. The van der Waals surface area contributed by atoms with E-state index in [1.54, 1.807) is 13.3 Å². The second-order valence-electron chi connectivity index (χ2n) is 6.16. The van der Waals surface area contributed by atoms with Gasteiger partial charge in [0.25, 0.3) is 0 Å². The highest BCUT2D eigenvalue weighted by molar-refractivity contribution is 14.0. The summed E-state index contributed by atoms with van der Waals surface area (Å²) in [7, 11) is 1.67. The minimum Gasteiger partial charge on any atom is -0.497 e. The maximum atomic E-state index is 6.05. The third-order valence-electron chi connectivity index (χ3n) is 4.63. The summed E-state index contributed by atoms with van der Waals surface area (Å²) >= 11 is 0. The Bertz CT molecular complexity index is 701. The number of halogens is 1. The van der Waals surface area contributed by atoms with Gasteiger partial charge in [0.2, 0.25) is 0 Å². The van der Waals surface area contributed by atoms with Crippen molar-refractivity contribution in [3.05, 3.63) is 54.2 Å². The number of nitrogens with zero attached hydrogens (tertiary/aromatic N) is 2. The van der Waals surface area contributed by atoms with Crippen molar-refractivity contribution >= 4 is 35.8 Å². The van der Waals surface area contributed by atoms with E-state index in [4.69, 9.17) is 15.2 Å². The highest BCUT2D eigenvalue weighted by Crippen LogP contribution is 2.36. The number of benzene rings is 1. The van der Waals surface area contributed by atoms with Crippen LogP contribution in [0.3, 0.4) is 0 Å². The quantitative estimate of drug-likeness (QED) is 0.400. The van der Waals surface area contributed by atoms with Gasteiger partial charge in [-0.05, 0) is 42.7 Å². The molecule has 3 N–H and O–H groups in total. The Labute approximate surface area is 171 Å². The highest BCUT2D eigenvalue weighted by Gasteiger charge is 2.34. The van der Waals surface area contributed by atoms with Gasteiger partial charge < -0.3 is 20.5 Å². The normalized spacial score (nSPS) is 16.4. The largest absolute Gasteiger partial charge is 0.497 e. The molecule has 1 saturated heterocycles. The lowest BCUT2D eigenvalue weighted by molar-refractivity contribution is 0.0531.